The van der Waals surface area contributed by atoms with Gasteiger partial charge in [-0.15, -0.1) is 0 Å². The van der Waals surface area contributed by atoms with E-state index in [0.717, 1.165) is 5.56 Å². The minimum absolute atomic E-state index is 0.00307. The van der Waals surface area contributed by atoms with E-state index in [0.29, 0.717) is 5.56 Å². The van der Waals surface area contributed by atoms with Crippen molar-refractivity contribution in [1.29, 1.82) is 5.26 Å². The van der Waals surface area contributed by atoms with E-state index < -0.39 is 41.2 Å². The normalized spacial score (nSPS) is 19.9. The van der Waals surface area contributed by atoms with Gasteiger partial charge in [0.2, 0.25) is 11.8 Å². The molecule has 0 spiro atoms. The van der Waals surface area contributed by atoms with E-state index in [9.17, 15) is 19.5 Å². The van der Waals surface area contributed by atoms with Crippen molar-refractivity contribution in [2.24, 2.45) is 5.41 Å². The summed E-state index contributed by atoms with van der Waals surface area (Å²) >= 11 is 0. The average molecular weight is 487 g/mol. The maximum absolute atomic E-state index is 13.7. The van der Waals surface area contributed by atoms with E-state index in [-0.39, 0.29) is 24.9 Å². The molecule has 1 fully saturated rings. The van der Waals surface area contributed by atoms with E-state index in [1.165, 1.54) is 16.8 Å². The monoisotopic (exact) mass is 486 g/mol. The molecule has 0 aliphatic carbocycles. The van der Waals surface area contributed by atoms with E-state index in [4.69, 9.17) is 10.00 Å². The molecule has 1 aromatic rings. The lowest BCUT2D eigenvalue weighted by Crippen LogP contribution is -2.58. The number of hydrogen-bond donors (Lipinski definition) is 2. The number of β-amino-alcohol motifs (C(OH)–C–C–N with tert-alkyl or cyclic N) is 1. The molecule has 192 valence electrons. The molecule has 4 atom stereocenters. The zero-order chi connectivity index (χ0) is 26.7. The lowest BCUT2D eigenvalue weighted by Gasteiger charge is -2.40. The fraction of sp³-hybridized carbons (Fsp3) is 0.615. The summed E-state index contributed by atoms with van der Waals surface area (Å²) in [6, 6.07) is 6.78. The van der Waals surface area contributed by atoms with Crippen LogP contribution in [-0.2, 0) is 14.3 Å². The molecular weight excluding hydrogens is 448 g/mol. The third-order valence-electron chi connectivity index (χ3n) is 5.89. The second-order valence-corrected chi connectivity index (χ2v) is 11.2. The Morgan fingerprint density at radius 1 is 1.17 bits per heavy atom. The number of carbonyl (C=O) groups is 3. The van der Waals surface area contributed by atoms with Crippen molar-refractivity contribution in [3.05, 3.63) is 35.4 Å². The molecule has 1 aliphatic rings. The number of benzene rings is 1. The Labute approximate surface area is 208 Å². The molecule has 2 N–H and O–H groups in total. The Hall–Kier alpha value is -3.12. The number of rotatable bonds is 5. The van der Waals surface area contributed by atoms with Crippen LogP contribution in [0.15, 0.2) is 24.3 Å². The van der Waals surface area contributed by atoms with Crippen LogP contribution >= 0.6 is 0 Å². The van der Waals surface area contributed by atoms with Crippen molar-refractivity contribution in [2.75, 3.05) is 13.6 Å². The van der Waals surface area contributed by atoms with Gasteiger partial charge in [-0.05, 0) is 50.8 Å². The van der Waals surface area contributed by atoms with Gasteiger partial charge in [0.1, 0.15) is 17.7 Å². The number of likely N-dealkylation sites (N-methyl/N-ethyl adjacent to an activating group) is 1. The molecule has 1 saturated heterocycles. The van der Waals surface area contributed by atoms with Crippen LogP contribution in [0.3, 0.4) is 0 Å². The predicted octanol–water partition coefficient (Wildman–Crippen LogP) is 2.98. The number of aliphatic hydroxyl groups is 1. The molecular formula is C26H38N4O5. The largest absolute Gasteiger partial charge is 0.444 e. The van der Waals surface area contributed by atoms with Gasteiger partial charge in [0.25, 0.3) is 0 Å². The third kappa shape index (κ3) is 7.18. The lowest BCUT2D eigenvalue weighted by atomic mass is 9.84. The number of carbonyl (C=O) groups excluding carboxylic acids is 3. The first-order chi connectivity index (χ1) is 16.0. The van der Waals surface area contributed by atoms with Crippen molar-refractivity contribution < 1.29 is 24.2 Å². The first-order valence-electron chi connectivity index (χ1n) is 11.8. The molecule has 1 aliphatic heterocycles. The second-order valence-electron chi connectivity index (χ2n) is 11.2. The number of ether oxygens (including phenoxy) is 1. The van der Waals surface area contributed by atoms with Crippen molar-refractivity contribution >= 4 is 17.9 Å². The van der Waals surface area contributed by atoms with Crippen molar-refractivity contribution in [3.8, 4) is 6.07 Å². The zero-order valence-electron chi connectivity index (χ0n) is 22.0. The number of hydrogen-bond acceptors (Lipinski definition) is 6. The van der Waals surface area contributed by atoms with Crippen LogP contribution in [0.4, 0.5) is 4.79 Å². The highest BCUT2D eigenvalue weighted by Gasteiger charge is 2.47. The van der Waals surface area contributed by atoms with Gasteiger partial charge in [0.05, 0.1) is 23.8 Å². The van der Waals surface area contributed by atoms with Gasteiger partial charge in [-0.1, -0.05) is 32.9 Å². The van der Waals surface area contributed by atoms with Gasteiger partial charge < -0.3 is 20.1 Å². The molecule has 0 bridgehead atoms. The molecule has 1 aromatic carbocycles. The molecule has 0 radical (unpaired) electrons. The molecule has 0 unspecified atom stereocenters. The summed E-state index contributed by atoms with van der Waals surface area (Å²) in [7, 11) is 1.51. The third-order valence-corrected chi connectivity index (χ3v) is 5.89. The highest BCUT2D eigenvalue weighted by atomic mass is 16.6. The first-order valence-corrected chi connectivity index (χ1v) is 11.8. The van der Waals surface area contributed by atoms with Gasteiger partial charge in [0.15, 0.2) is 0 Å². The summed E-state index contributed by atoms with van der Waals surface area (Å²) in [5.41, 5.74) is -0.0612. The Morgan fingerprint density at radius 2 is 1.74 bits per heavy atom. The van der Waals surface area contributed by atoms with Gasteiger partial charge in [-0.2, -0.15) is 5.26 Å². The molecule has 2 rings (SSSR count). The molecule has 3 amide bonds. The number of nitriles is 1. The van der Waals surface area contributed by atoms with Gasteiger partial charge in [-0.25, -0.2) is 4.79 Å². The van der Waals surface area contributed by atoms with E-state index in [1.807, 2.05) is 27.7 Å². The van der Waals surface area contributed by atoms with Gasteiger partial charge >= 0.3 is 6.09 Å². The van der Waals surface area contributed by atoms with Crippen LogP contribution in [-0.4, -0.2) is 70.2 Å². The van der Waals surface area contributed by atoms with Crippen molar-refractivity contribution in [3.63, 3.8) is 0 Å². The number of nitrogens with one attached hydrogen (secondary N) is 1. The van der Waals surface area contributed by atoms with Gasteiger partial charge in [-0.3, -0.25) is 14.5 Å². The molecule has 9 nitrogen and oxygen atoms in total. The van der Waals surface area contributed by atoms with E-state index in [1.54, 1.807) is 45.0 Å². The predicted molar refractivity (Wildman–Crippen MR) is 131 cm³/mol. The van der Waals surface area contributed by atoms with E-state index in [2.05, 4.69) is 11.4 Å². The van der Waals surface area contributed by atoms with Crippen LogP contribution in [0.2, 0.25) is 0 Å². The van der Waals surface area contributed by atoms with Crippen molar-refractivity contribution in [1.82, 2.24) is 15.1 Å². The van der Waals surface area contributed by atoms with Crippen LogP contribution in [0.5, 0.6) is 0 Å². The molecule has 1 heterocycles. The van der Waals surface area contributed by atoms with Crippen molar-refractivity contribution in [2.45, 2.75) is 84.7 Å². The molecule has 9 heteroatoms. The molecule has 35 heavy (non-hydrogen) atoms. The lowest BCUT2D eigenvalue weighted by molar-refractivity contribution is -0.145. The Morgan fingerprint density at radius 3 is 2.23 bits per heavy atom. The smallest absolute Gasteiger partial charge is 0.410 e. The number of likely N-dealkylation sites (tertiary alicyclic amines) is 1. The van der Waals surface area contributed by atoms with Crippen LogP contribution in [0, 0.1) is 16.7 Å². The Kier molecular flexibility index (Phi) is 8.56. The summed E-state index contributed by atoms with van der Waals surface area (Å²) in [5, 5.41) is 22.2. The van der Waals surface area contributed by atoms with Crippen LogP contribution < -0.4 is 5.32 Å². The first kappa shape index (κ1) is 28.1. The molecule has 0 aromatic heterocycles. The fourth-order valence-electron chi connectivity index (χ4n) is 4.26. The summed E-state index contributed by atoms with van der Waals surface area (Å²) < 4.78 is 5.47. The standard InChI is InChI=1S/C26H38N4O5/c1-16(18-11-9-17(14-27)10-12-18)28-22(32)20-13-19(31)15-30(20)23(33)21(25(2,3)4)29(8)24(34)35-26(5,6)7/h9-12,16,19-21,31H,13,15H2,1-8H3,(H,28,32)/t16-,19+,20-,21+/m0/s1. The van der Waals surface area contributed by atoms with Crippen LogP contribution in [0.25, 0.3) is 0 Å². The quantitative estimate of drug-likeness (QED) is 0.660. The summed E-state index contributed by atoms with van der Waals surface area (Å²) in [6.07, 6.45) is -1.39. The summed E-state index contributed by atoms with van der Waals surface area (Å²) in [5.74, 6) is -0.812. The maximum Gasteiger partial charge on any atom is 0.410 e. The number of nitrogens with zero attached hydrogens (tertiary/aromatic N) is 3. The number of amides is 3. The topological polar surface area (TPSA) is 123 Å². The Bertz CT molecular complexity index is 971. The highest BCUT2D eigenvalue weighted by Crippen LogP contribution is 2.30. The highest BCUT2D eigenvalue weighted by molar-refractivity contribution is 5.92. The average Bonchev–Trinajstić information content (AvgIpc) is 3.13. The van der Waals surface area contributed by atoms with Crippen LogP contribution in [0.1, 0.15) is 72.1 Å². The molecule has 0 saturated carbocycles. The maximum atomic E-state index is 13.7. The summed E-state index contributed by atoms with van der Waals surface area (Å²) in [4.78, 5) is 42.4. The SMILES string of the molecule is C[C@H](NC(=O)[C@@H]1C[C@@H](O)CN1C(=O)[C@@H](N(C)C(=O)OC(C)(C)C)C(C)(C)C)c1ccc(C#N)cc1. The fourth-order valence-corrected chi connectivity index (χ4v) is 4.26. The second kappa shape index (κ2) is 10.6. The minimum Gasteiger partial charge on any atom is -0.444 e. The minimum atomic E-state index is -0.908. The summed E-state index contributed by atoms with van der Waals surface area (Å²) in [6.45, 7) is 12.6. The van der Waals surface area contributed by atoms with E-state index >= 15 is 0 Å². The number of aliphatic hydroxyl groups excluding tert-OH is 1. The van der Waals surface area contributed by atoms with Gasteiger partial charge in [0, 0.05) is 20.0 Å². The Balaban J connectivity index is 2.24. The zero-order valence-corrected chi connectivity index (χ0v) is 22.0.